The van der Waals surface area contributed by atoms with Crippen molar-refractivity contribution < 1.29 is 24.5 Å². The van der Waals surface area contributed by atoms with Crippen LogP contribution in [-0.4, -0.2) is 53.3 Å². The zero-order chi connectivity index (χ0) is 19.6. The van der Waals surface area contributed by atoms with Gasteiger partial charge < -0.3 is 14.9 Å². The van der Waals surface area contributed by atoms with Crippen LogP contribution in [0.15, 0.2) is 11.6 Å². The molecule has 0 amide bonds. The second-order valence-electron chi connectivity index (χ2n) is 7.87. The van der Waals surface area contributed by atoms with Crippen molar-refractivity contribution in [3.63, 3.8) is 0 Å². The summed E-state index contributed by atoms with van der Waals surface area (Å²) in [5, 5.41) is 19.1. The van der Waals surface area contributed by atoms with Gasteiger partial charge in [-0.1, -0.05) is 30.9 Å². The van der Waals surface area contributed by atoms with Crippen molar-refractivity contribution >= 4 is 23.5 Å². The molecule has 27 heavy (non-hydrogen) atoms. The van der Waals surface area contributed by atoms with Gasteiger partial charge in [0.15, 0.2) is 0 Å². The number of aliphatic hydroxyl groups is 1. The lowest BCUT2D eigenvalue weighted by Crippen LogP contribution is -2.27. The number of carboxylic acids is 1. The first-order valence-corrected chi connectivity index (χ1v) is 11.4. The number of aliphatic carboxylic acids is 1. The van der Waals surface area contributed by atoms with E-state index in [1.165, 1.54) is 17.3 Å². The zero-order valence-corrected chi connectivity index (χ0v) is 17.2. The lowest BCUT2D eigenvalue weighted by atomic mass is 9.86. The van der Waals surface area contributed by atoms with E-state index >= 15 is 0 Å². The summed E-state index contributed by atoms with van der Waals surface area (Å²) in [6.07, 6.45) is 10.2. The summed E-state index contributed by atoms with van der Waals surface area (Å²) in [5.74, 6) is 0.756. The van der Waals surface area contributed by atoms with Crippen molar-refractivity contribution in [1.29, 1.82) is 0 Å². The summed E-state index contributed by atoms with van der Waals surface area (Å²) in [4.78, 5) is 23.3. The average molecular weight is 399 g/mol. The van der Waals surface area contributed by atoms with Crippen molar-refractivity contribution in [2.45, 2.75) is 63.9 Å². The highest BCUT2D eigenvalue weighted by Gasteiger charge is 2.47. The molecule has 1 saturated carbocycles. The molecule has 1 fully saturated rings. The highest BCUT2D eigenvalue weighted by atomic mass is 32.2. The molecule has 0 aromatic carbocycles. The third-order valence-electron chi connectivity index (χ3n) is 5.81. The molecule has 0 bridgehead atoms. The van der Waals surface area contributed by atoms with E-state index in [0.717, 1.165) is 63.7 Å². The zero-order valence-electron chi connectivity index (χ0n) is 16.4. The number of allylic oxidation sites excluding steroid dienone is 2. The van der Waals surface area contributed by atoms with Gasteiger partial charge in [0.05, 0.1) is 17.8 Å². The number of hydrogen-bond donors (Lipinski definition) is 2. The molecule has 0 spiro atoms. The molecule has 6 heteroatoms. The van der Waals surface area contributed by atoms with Gasteiger partial charge in [-0.15, -0.1) is 11.8 Å². The molecule has 0 saturated heterocycles. The maximum Gasteiger partial charge on any atom is 0.313 e. The molecule has 5 nitrogen and oxygen atoms in total. The number of ketones is 1. The van der Waals surface area contributed by atoms with Crippen LogP contribution in [0.1, 0.15) is 57.8 Å². The van der Waals surface area contributed by atoms with Crippen molar-refractivity contribution in [2.24, 2.45) is 17.8 Å². The maximum absolute atomic E-state index is 12.7. The number of thioether (sulfide) groups is 1. The fourth-order valence-electron chi connectivity index (χ4n) is 4.52. The quantitative estimate of drug-likeness (QED) is 0.343. The largest absolute Gasteiger partial charge is 0.481 e. The number of Topliss-reactive ketones (excluding diaryl/α,β-unsaturated/α-hetero) is 1. The van der Waals surface area contributed by atoms with Gasteiger partial charge in [-0.25, -0.2) is 0 Å². The Labute approximate surface area is 166 Å². The Kier molecular flexibility index (Phi) is 9.87. The lowest BCUT2D eigenvalue weighted by molar-refractivity contribution is -0.134. The predicted octanol–water partition coefficient (Wildman–Crippen LogP) is 3.69. The summed E-state index contributed by atoms with van der Waals surface area (Å²) >= 11 is 1.44. The van der Waals surface area contributed by atoms with Gasteiger partial charge >= 0.3 is 5.97 Å². The van der Waals surface area contributed by atoms with E-state index in [-0.39, 0.29) is 23.4 Å². The molecule has 0 aliphatic heterocycles. The number of carbonyl (C=O) groups is 2. The number of aliphatic hydroxyl groups excluding tert-OH is 1. The first-order valence-electron chi connectivity index (χ1n) is 10.2. The lowest BCUT2D eigenvalue weighted by Gasteiger charge is -2.18. The average Bonchev–Trinajstić information content (AvgIpc) is 3.13. The van der Waals surface area contributed by atoms with Gasteiger partial charge in [-0.2, -0.15) is 0 Å². The second kappa shape index (κ2) is 11.9. The van der Waals surface area contributed by atoms with Crippen LogP contribution in [0.25, 0.3) is 0 Å². The van der Waals surface area contributed by atoms with E-state index in [4.69, 9.17) is 9.84 Å². The maximum atomic E-state index is 12.7. The van der Waals surface area contributed by atoms with Gasteiger partial charge in [0.2, 0.25) is 0 Å². The minimum atomic E-state index is -0.773. The van der Waals surface area contributed by atoms with E-state index in [0.29, 0.717) is 12.3 Å². The summed E-state index contributed by atoms with van der Waals surface area (Å²) < 4.78 is 5.04. The Balaban J connectivity index is 1.72. The smallest absolute Gasteiger partial charge is 0.313 e. The molecule has 0 aromatic heterocycles. The molecule has 154 valence electrons. The van der Waals surface area contributed by atoms with Gasteiger partial charge in [0.25, 0.3) is 0 Å². The number of ether oxygens (including phenoxy) is 1. The molecule has 2 N–H and O–H groups in total. The predicted molar refractivity (Wildman–Crippen MR) is 108 cm³/mol. The van der Waals surface area contributed by atoms with E-state index < -0.39 is 12.1 Å². The number of methoxy groups -OCH3 is 1. The van der Waals surface area contributed by atoms with Crippen LogP contribution in [0.2, 0.25) is 0 Å². The van der Waals surface area contributed by atoms with Crippen LogP contribution < -0.4 is 0 Å². The number of carboxylic acid groups (broad SMARTS) is 1. The third kappa shape index (κ3) is 7.24. The van der Waals surface area contributed by atoms with Crippen LogP contribution in [0.4, 0.5) is 0 Å². The Hall–Kier alpha value is -0.850. The van der Waals surface area contributed by atoms with Crippen molar-refractivity contribution in [1.82, 2.24) is 0 Å². The van der Waals surface area contributed by atoms with Crippen LogP contribution in [0.5, 0.6) is 0 Å². The number of fused-ring (bicyclic) bond motifs is 1. The first kappa shape index (κ1) is 22.4. The number of hydrogen-bond acceptors (Lipinski definition) is 5. The molecule has 2 aliphatic rings. The van der Waals surface area contributed by atoms with Crippen LogP contribution in [0, 0.1) is 17.8 Å². The Morgan fingerprint density at radius 1 is 1.22 bits per heavy atom. The molecular weight excluding hydrogens is 364 g/mol. The minimum absolute atomic E-state index is 0.144. The van der Waals surface area contributed by atoms with Gasteiger partial charge in [-0.3, -0.25) is 9.59 Å². The van der Waals surface area contributed by atoms with Crippen molar-refractivity contribution in [2.75, 3.05) is 25.2 Å². The number of rotatable bonds is 14. The fraction of sp³-hybridized carbons (Fsp3) is 0.810. The molecule has 0 aromatic rings. The van der Waals surface area contributed by atoms with Crippen molar-refractivity contribution in [3.8, 4) is 0 Å². The molecule has 0 unspecified atom stereocenters. The number of unbranched alkanes of at least 4 members (excludes halogenated alkanes) is 4. The minimum Gasteiger partial charge on any atom is -0.481 e. The monoisotopic (exact) mass is 398 g/mol. The summed E-state index contributed by atoms with van der Waals surface area (Å²) in [5.41, 5.74) is 1.34. The normalized spacial score (nSPS) is 26.8. The van der Waals surface area contributed by atoms with E-state index in [1.54, 1.807) is 7.11 Å². The Morgan fingerprint density at radius 2 is 1.96 bits per heavy atom. The molecule has 2 rings (SSSR count). The standard InChI is InChI=1S/C21H34O5S/c1-26-9-6-4-2-3-5-7-18(22)21-17-12-15(8-10-27-14-20(24)25)11-16(17)13-19(21)23/h12,16-17,19,21,23H,2-11,13-14H2,1H3,(H,24,25)/t16-,17-,19+,21-/m1/s1. The Bertz CT molecular complexity index is 519. The van der Waals surface area contributed by atoms with Gasteiger partial charge in [-0.05, 0) is 49.7 Å². The summed E-state index contributed by atoms with van der Waals surface area (Å²) in [7, 11) is 1.72. The SMILES string of the molecule is COCCCCCCCC(=O)[C@H]1[C@@H]2C=C(CCSCC(=O)O)C[C@@H]2C[C@@H]1O. The van der Waals surface area contributed by atoms with Crippen LogP contribution in [0.3, 0.4) is 0 Å². The summed E-state index contributed by atoms with van der Waals surface area (Å²) in [6, 6.07) is 0. The molecule has 4 atom stereocenters. The van der Waals surface area contributed by atoms with Gasteiger partial charge in [0.1, 0.15) is 5.78 Å². The first-order chi connectivity index (χ1) is 13.0. The van der Waals surface area contributed by atoms with Crippen LogP contribution >= 0.6 is 11.8 Å². The van der Waals surface area contributed by atoms with E-state index in [9.17, 15) is 14.7 Å². The topological polar surface area (TPSA) is 83.8 Å². The van der Waals surface area contributed by atoms with E-state index in [2.05, 4.69) is 6.08 Å². The Morgan fingerprint density at radius 3 is 2.70 bits per heavy atom. The van der Waals surface area contributed by atoms with Crippen molar-refractivity contribution in [3.05, 3.63) is 11.6 Å². The van der Waals surface area contributed by atoms with Crippen LogP contribution in [-0.2, 0) is 14.3 Å². The number of carbonyl (C=O) groups excluding carboxylic acids is 1. The summed E-state index contributed by atoms with van der Waals surface area (Å²) in [6.45, 7) is 0.805. The molecular formula is C21H34O5S. The molecule has 0 heterocycles. The van der Waals surface area contributed by atoms with Gasteiger partial charge in [0, 0.05) is 20.1 Å². The highest BCUT2D eigenvalue weighted by Crippen LogP contribution is 2.48. The fourth-order valence-corrected chi connectivity index (χ4v) is 5.25. The third-order valence-corrected chi connectivity index (χ3v) is 6.75. The highest BCUT2D eigenvalue weighted by molar-refractivity contribution is 7.99. The molecule has 0 radical (unpaired) electrons. The molecule has 2 aliphatic carbocycles. The second-order valence-corrected chi connectivity index (χ2v) is 8.97. The van der Waals surface area contributed by atoms with E-state index in [1.807, 2.05) is 0 Å².